The molecule has 0 saturated carbocycles. The Morgan fingerprint density at radius 2 is 0.947 bits per heavy atom. The number of hydrogen-bond acceptors (Lipinski definition) is 19. The molecule has 2 aromatic rings. The molecule has 2 aliphatic heterocycles. The maximum Gasteiger partial charge on any atom is 0.590 e. The van der Waals surface area contributed by atoms with E-state index in [-0.39, 0.29) is 11.5 Å². The minimum atomic E-state index is -4.86. The van der Waals surface area contributed by atoms with E-state index >= 15 is 0 Å². The number of esters is 6. The van der Waals surface area contributed by atoms with Crippen molar-refractivity contribution in [2.45, 2.75) is 104 Å². The van der Waals surface area contributed by atoms with Crippen molar-refractivity contribution >= 4 is 43.6 Å². The minimum absolute atomic E-state index is 0.0472. The van der Waals surface area contributed by atoms with E-state index in [2.05, 4.69) is 0 Å². The quantitative estimate of drug-likeness (QED) is 0.134. The molecule has 2 saturated heterocycles. The maximum atomic E-state index is 14.7. The van der Waals surface area contributed by atoms with Crippen LogP contribution in [0.1, 0.15) is 48.5 Å². The first-order valence-electron chi connectivity index (χ1n) is 17.6. The molecule has 0 N–H and O–H groups in total. The van der Waals surface area contributed by atoms with Gasteiger partial charge in [0.15, 0.2) is 24.6 Å². The second-order valence-electron chi connectivity index (χ2n) is 12.8. The second-order valence-corrected chi connectivity index (χ2v) is 14.3. The van der Waals surface area contributed by atoms with Gasteiger partial charge in [0.2, 0.25) is 6.29 Å². The zero-order valence-corrected chi connectivity index (χ0v) is 33.1. The molecular weight excluding hydrogens is 779 g/mol. The highest BCUT2D eigenvalue weighted by Crippen LogP contribution is 2.52. The molecule has 10 atom stereocenters. The van der Waals surface area contributed by atoms with Crippen LogP contribution in [0.5, 0.6) is 11.5 Å². The van der Waals surface area contributed by atoms with Crippen molar-refractivity contribution in [1.82, 2.24) is 0 Å². The van der Waals surface area contributed by atoms with Crippen LogP contribution < -0.4 is 9.05 Å². The third-order valence-corrected chi connectivity index (χ3v) is 9.49. The highest BCUT2D eigenvalue weighted by atomic mass is 31.2. The molecule has 0 bridgehead atoms. The minimum Gasteiger partial charge on any atom is -0.463 e. The Morgan fingerprint density at radius 1 is 0.526 bits per heavy atom. The number of rotatable bonds is 16. The Morgan fingerprint density at radius 3 is 1.42 bits per heavy atom. The van der Waals surface area contributed by atoms with Crippen molar-refractivity contribution in [3.63, 3.8) is 0 Å². The smallest absolute Gasteiger partial charge is 0.463 e. The predicted octanol–water partition coefficient (Wildman–Crippen LogP) is 3.59. The third kappa shape index (κ3) is 13.2. The molecule has 0 spiro atoms. The number of phosphoric acid groups is 1. The first kappa shape index (κ1) is 44.6. The fraction of sp³-hybridized carbons (Fsp3) is 0.514. The lowest BCUT2D eigenvalue weighted by Crippen LogP contribution is -2.65. The molecule has 2 fully saturated rings. The number of para-hydroxylation sites is 2. The van der Waals surface area contributed by atoms with Gasteiger partial charge >= 0.3 is 43.6 Å². The van der Waals surface area contributed by atoms with Gasteiger partial charge in [-0.05, 0) is 24.3 Å². The highest BCUT2D eigenvalue weighted by molar-refractivity contribution is 7.49. The van der Waals surface area contributed by atoms with Crippen molar-refractivity contribution in [2.24, 2.45) is 5.92 Å². The van der Waals surface area contributed by atoms with Gasteiger partial charge in [-0.1, -0.05) is 43.3 Å². The summed E-state index contributed by atoms with van der Waals surface area (Å²) in [6.07, 6.45) is -14.3. The molecule has 0 aliphatic carbocycles. The first-order chi connectivity index (χ1) is 26.9. The fourth-order valence-electron chi connectivity index (χ4n) is 5.89. The number of carbonyl (C=O) groups excluding carboxylic acids is 6. The normalized spacial score (nSPS) is 27.1. The van der Waals surface area contributed by atoms with Gasteiger partial charge in [-0.15, -0.1) is 0 Å². The number of phosphoric ester groups is 1. The number of hydrogen-bond donors (Lipinski definition) is 0. The average molecular weight is 825 g/mol. The molecular formula is C37H45O19P. The maximum absolute atomic E-state index is 14.7. The summed E-state index contributed by atoms with van der Waals surface area (Å²) in [4.78, 5) is 73.7. The number of benzene rings is 2. The monoisotopic (exact) mass is 824 g/mol. The van der Waals surface area contributed by atoms with Crippen LogP contribution in [0.4, 0.5) is 0 Å². The van der Waals surface area contributed by atoms with Crippen molar-refractivity contribution in [3.8, 4) is 11.5 Å². The van der Waals surface area contributed by atoms with Crippen LogP contribution in [0.25, 0.3) is 0 Å². The molecule has 0 aromatic heterocycles. The van der Waals surface area contributed by atoms with E-state index in [1.807, 2.05) is 0 Å². The van der Waals surface area contributed by atoms with Crippen LogP contribution in [0.15, 0.2) is 60.7 Å². The summed E-state index contributed by atoms with van der Waals surface area (Å²) < 4.78 is 83.9. The van der Waals surface area contributed by atoms with Crippen LogP contribution in [0.2, 0.25) is 0 Å². The van der Waals surface area contributed by atoms with Gasteiger partial charge in [0.05, 0.1) is 0 Å². The van der Waals surface area contributed by atoms with Crippen LogP contribution in [-0.4, -0.2) is 104 Å². The zero-order valence-electron chi connectivity index (χ0n) is 32.2. The van der Waals surface area contributed by atoms with Crippen molar-refractivity contribution in [1.29, 1.82) is 0 Å². The van der Waals surface area contributed by atoms with E-state index in [1.165, 1.54) is 24.3 Å². The number of carbonyl (C=O) groups is 6. The predicted molar refractivity (Wildman–Crippen MR) is 190 cm³/mol. The van der Waals surface area contributed by atoms with Gasteiger partial charge in [0.25, 0.3) is 0 Å². The summed E-state index contributed by atoms with van der Waals surface area (Å²) >= 11 is 0. The summed E-state index contributed by atoms with van der Waals surface area (Å²) in [7, 11) is -4.86. The average Bonchev–Trinajstić information content (AvgIpc) is 3.11. The van der Waals surface area contributed by atoms with Gasteiger partial charge in [-0.2, -0.15) is 0 Å². The van der Waals surface area contributed by atoms with Crippen molar-refractivity contribution in [3.05, 3.63) is 60.7 Å². The summed E-state index contributed by atoms with van der Waals surface area (Å²) in [5.41, 5.74) is 0. The third-order valence-electron chi connectivity index (χ3n) is 8.15. The van der Waals surface area contributed by atoms with E-state index in [1.54, 1.807) is 43.3 Å². The lowest BCUT2D eigenvalue weighted by Gasteiger charge is -2.48. The zero-order chi connectivity index (χ0) is 41.9. The van der Waals surface area contributed by atoms with Gasteiger partial charge < -0.3 is 51.7 Å². The van der Waals surface area contributed by atoms with Crippen LogP contribution >= 0.6 is 7.82 Å². The van der Waals surface area contributed by atoms with E-state index in [0.29, 0.717) is 0 Å². The van der Waals surface area contributed by atoms with E-state index in [4.69, 9.17) is 56.2 Å². The lowest BCUT2D eigenvalue weighted by atomic mass is 9.90. The molecule has 19 nitrogen and oxygen atoms in total. The SMILES string of the molecule is CC(=O)OC[C@@H]1O[C@H](OP(=O)(Oc2ccccc2)Oc2ccccc2)[C@@H](O[C@H]2O[C@H](COC(C)=O)[C@@H](OC(C)=O)[C@H](OC(C)=O)[C@@H]2OC(C)=O)[C@@H](OC(C)=O)[C@@H]1C. The molecule has 0 amide bonds. The lowest BCUT2D eigenvalue weighted by molar-refractivity contribution is -0.356. The Hall–Kier alpha value is -5.07. The van der Waals surface area contributed by atoms with Gasteiger partial charge in [-0.25, -0.2) is 9.09 Å². The molecule has 2 heterocycles. The molecule has 2 aliphatic rings. The van der Waals surface area contributed by atoms with E-state index in [9.17, 15) is 33.3 Å². The Balaban J connectivity index is 1.86. The Kier molecular flexibility index (Phi) is 16.0. The van der Waals surface area contributed by atoms with Crippen molar-refractivity contribution < 1.29 is 89.5 Å². The Bertz CT molecular complexity index is 1710. The molecule has 57 heavy (non-hydrogen) atoms. The van der Waals surface area contributed by atoms with Gasteiger partial charge in [0, 0.05) is 47.5 Å². The summed E-state index contributed by atoms with van der Waals surface area (Å²) in [6, 6.07) is 15.7. The van der Waals surface area contributed by atoms with Crippen LogP contribution in [0, 0.1) is 5.92 Å². The van der Waals surface area contributed by atoms with E-state index in [0.717, 1.165) is 41.5 Å². The van der Waals surface area contributed by atoms with Crippen molar-refractivity contribution in [2.75, 3.05) is 13.2 Å². The summed E-state index contributed by atoms with van der Waals surface area (Å²) in [5, 5.41) is 0. The molecule has 0 radical (unpaired) electrons. The molecule has 312 valence electrons. The van der Waals surface area contributed by atoms with Crippen LogP contribution in [-0.2, 0) is 80.5 Å². The molecule has 0 unspecified atom stereocenters. The largest absolute Gasteiger partial charge is 0.590 e. The highest BCUT2D eigenvalue weighted by Gasteiger charge is 2.57. The summed E-state index contributed by atoms with van der Waals surface area (Å²) in [6.45, 7) is 7.09. The summed E-state index contributed by atoms with van der Waals surface area (Å²) in [5.74, 6) is -5.73. The first-order valence-corrected chi connectivity index (χ1v) is 19.1. The second kappa shape index (κ2) is 20.4. The standard InChI is InChI=1S/C37H45O19P/c1-20-29(18-45-21(2)38)51-37(56-57(44,54-27-14-10-8-11-15-27)55-28-16-12-9-13-17-28)34(31(20)47-23(4)40)53-36-35(50-26(7)43)33(49-25(6)42)32(48-24(5)41)30(52-36)19-46-22(3)39/h8-17,20,29-37H,18-19H2,1-7H3/t20-,29+,30-,31+,32-,33+,34+,35+,36-,37-/m1/s1. The molecule has 4 rings (SSSR count). The Labute approximate surface area is 327 Å². The number of ether oxygens (including phenoxy) is 9. The van der Waals surface area contributed by atoms with Gasteiger partial charge in [-0.3, -0.25) is 28.8 Å². The molecule has 20 heteroatoms. The molecule has 2 aromatic carbocycles. The van der Waals surface area contributed by atoms with Crippen LogP contribution in [0.3, 0.4) is 0 Å². The van der Waals surface area contributed by atoms with Gasteiger partial charge in [0.1, 0.15) is 49.1 Å². The fourth-order valence-corrected chi connectivity index (χ4v) is 7.19. The topological polar surface area (TPSA) is 230 Å². The van der Waals surface area contributed by atoms with E-state index < -0.39 is 118 Å².